The van der Waals surface area contributed by atoms with E-state index in [-0.39, 0.29) is 24.3 Å². The van der Waals surface area contributed by atoms with Gasteiger partial charge in [0.25, 0.3) is 11.8 Å². The third-order valence-corrected chi connectivity index (χ3v) is 7.41. The molecule has 2 aliphatic heterocycles. The number of rotatable bonds is 6. The van der Waals surface area contributed by atoms with E-state index in [1.54, 1.807) is 59.6 Å². The Balaban J connectivity index is 1.36. The smallest absolute Gasteiger partial charge is 0.256 e. The highest BCUT2D eigenvalue weighted by Gasteiger charge is 2.54. The number of pyridine rings is 1. The van der Waals surface area contributed by atoms with Gasteiger partial charge in [0.05, 0.1) is 13.7 Å². The molecule has 0 bridgehead atoms. The number of methoxy groups -OCH3 is 1. The van der Waals surface area contributed by atoms with Crippen LogP contribution in [0.25, 0.3) is 0 Å². The lowest BCUT2D eigenvalue weighted by molar-refractivity contribution is -0.128. The number of ether oxygens (including phenoxy) is 2. The van der Waals surface area contributed by atoms with E-state index in [0.29, 0.717) is 49.4 Å². The average Bonchev–Trinajstić information content (AvgIpc) is 3.34. The van der Waals surface area contributed by atoms with Crippen LogP contribution in [0.2, 0.25) is 0 Å². The zero-order chi connectivity index (χ0) is 27.4. The van der Waals surface area contributed by atoms with Gasteiger partial charge in [0, 0.05) is 56.0 Å². The van der Waals surface area contributed by atoms with Gasteiger partial charge in [-0.1, -0.05) is 23.8 Å². The van der Waals surface area contributed by atoms with Crippen molar-refractivity contribution in [2.45, 2.75) is 38.1 Å². The van der Waals surface area contributed by atoms with E-state index in [1.807, 2.05) is 37.3 Å². The molecule has 3 aromatic rings. The quantitative estimate of drug-likeness (QED) is 0.528. The number of hydrogen-bond acceptors (Lipinski definition) is 6. The van der Waals surface area contributed by atoms with E-state index >= 15 is 0 Å². The Morgan fingerprint density at radius 1 is 1.00 bits per heavy atom. The highest BCUT2D eigenvalue weighted by atomic mass is 16.5. The van der Waals surface area contributed by atoms with Crippen molar-refractivity contribution in [3.05, 3.63) is 95.3 Å². The first-order valence-corrected chi connectivity index (χ1v) is 13.0. The van der Waals surface area contributed by atoms with E-state index in [2.05, 4.69) is 10.3 Å². The summed E-state index contributed by atoms with van der Waals surface area (Å²) in [5, 5.41) is 2.95. The first-order chi connectivity index (χ1) is 18.9. The third kappa shape index (κ3) is 5.49. The van der Waals surface area contributed by atoms with Crippen molar-refractivity contribution in [3.63, 3.8) is 0 Å². The molecule has 3 amide bonds. The number of carbonyl (C=O) groups excluding carboxylic acids is 3. The fourth-order valence-electron chi connectivity index (χ4n) is 5.29. The number of nitrogens with one attached hydrogen (secondary N) is 1. The molecule has 2 aliphatic rings. The summed E-state index contributed by atoms with van der Waals surface area (Å²) in [6, 6.07) is 17.3. The van der Waals surface area contributed by atoms with Crippen LogP contribution in [0.1, 0.15) is 44.7 Å². The number of nitrogens with zero attached hydrogens (tertiary/aromatic N) is 3. The summed E-state index contributed by atoms with van der Waals surface area (Å²) < 4.78 is 11.6. The number of likely N-dealkylation sites (tertiary alicyclic amines) is 1. The third-order valence-electron chi connectivity index (χ3n) is 7.41. The van der Waals surface area contributed by atoms with E-state index in [1.165, 1.54) is 0 Å². The van der Waals surface area contributed by atoms with Crippen LogP contribution in [0.4, 0.5) is 0 Å². The van der Waals surface area contributed by atoms with Gasteiger partial charge in [-0.25, -0.2) is 0 Å². The Kier molecular flexibility index (Phi) is 7.60. The maximum absolute atomic E-state index is 13.9. The summed E-state index contributed by atoms with van der Waals surface area (Å²) in [6.07, 6.45) is 4.13. The number of piperidine rings is 1. The highest BCUT2D eigenvalue weighted by molar-refractivity contribution is 5.99. The number of amides is 3. The second kappa shape index (κ2) is 11.2. The maximum Gasteiger partial charge on any atom is 0.256 e. The zero-order valence-electron chi connectivity index (χ0n) is 22.1. The minimum atomic E-state index is -0.981. The molecule has 2 fully saturated rings. The lowest BCUT2D eigenvalue weighted by Gasteiger charge is -2.44. The molecule has 1 aromatic heterocycles. The number of aromatic nitrogens is 1. The van der Waals surface area contributed by atoms with Gasteiger partial charge in [-0.2, -0.15) is 0 Å². The molecule has 3 heterocycles. The summed E-state index contributed by atoms with van der Waals surface area (Å²) in [4.78, 5) is 47.9. The first-order valence-electron chi connectivity index (χ1n) is 13.0. The van der Waals surface area contributed by atoms with Gasteiger partial charge in [-0.05, 0) is 55.0 Å². The van der Waals surface area contributed by atoms with Gasteiger partial charge < -0.3 is 19.7 Å². The minimum Gasteiger partial charge on any atom is -0.497 e. The van der Waals surface area contributed by atoms with Crippen molar-refractivity contribution in [2.75, 3.05) is 26.8 Å². The molecule has 0 unspecified atom stereocenters. The molecule has 1 atom stereocenters. The summed E-state index contributed by atoms with van der Waals surface area (Å²) in [6.45, 7) is 3.11. The van der Waals surface area contributed by atoms with Crippen LogP contribution in [0, 0.1) is 6.92 Å². The topological polar surface area (TPSA) is 101 Å². The van der Waals surface area contributed by atoms with Gasteiger partial charge in [0.1, 0.15) is 17.5 Å². The summed E-state index contributed by atoms with van der Waals surface area (Å²) in [5.74, 6) is -0.0265. The molecule has 1 N–H and O–H groups in total. The highest BCUT2D eigenvalue weighted by Crippen LogP contribution is 2.39. The molecule has 1 spiro atoms. The Labute approximate surface area is 227 Å². The predicted octanol–water partition coefficient (Wildman–Crippen LogP) is 3.19. The summed E-state index contributed by atoms with van der Waals surface area (Å²) in [5.41, 5.74) is 1.92. The van der Waals surface area contributed by atoms with Gasteiger partial charge in [-0.3, -0.25) is 24.3 Å². The number of aryl methyl sites for hydroxylation is 1. The van der Waals surface area contributed by atoms with E-state index < -0.39 is 11.8 Å². The van der Waals surface area contributed by atoms with Crippen molar-refractivity contribution in [1.29, 1.82) is 0 Å². The normalized spacial score (nSPS) is 18.2. The largest absolute Gasteiger partial charge is 0.497 e. The standard InChI is InChI=1S/C30H32N4O5/c1-21-5-3-6-23(17-21)29(37)34-26(27(35)32-19-22-9-13-31-14-10-22)20-39-30(34)11-15-33(16-12-30)28(36)24-7-4-8-25(18-24)38-2/h3-10,13-14,17-18,26H,11-12,15-16,19-20H2,1-2H3,(H,32,35)/t26-/m1/s1. The monoisotopic (exact) mass is 528 g/mol. The van der Waals surface area contributed by atoms with Gasteiger partial charge in [0.2, 0.25) is 5.91 Å². The van der Waals surface area contributed by atoms with Crippen LogP contribution in [-0.2, 0) is 16.1 Å². The molecule has 9 nitrogen and oxygen atoms in total. The zero-order valence-corrected chi connectivity index (χ0v) is 22.1. The van der Waals surface area contributed by atoms with Gasteiger partial charge >= 0.3 is 0 Å². The fourth-order valence-corrected chi connectivity index (χ4v) is 5.29. The first kappa shape index (κ1) is 26.4. The second-order valence-corrected chi connectivity index (χ2v) is 9.92. The van der Waals surface area contributed by atoms with E-state index in [9.17, 15) is 14.4 Å². The van der Waals surface area contributed by atoms with Crippen LogP contribution in [0.15, 0.2) is 73.1 Å². The van der Waals surface area contributed by atoms with Crippen LogP contribution >= 0.6 is 0 Å². The SMILES string of the molecule is COc1cccc(C(=O)N2CCC3(CC2)OC[C@H](C(=O)NCc2ccncc2)N3C(=O)c2cccc(C)c2)c1. The summed E-state index contributed by atoms with van der Waals surface area (Å²) >= 11 is 0. The average molecular weight is 529 g/mol. The van der Waals surface area contributed by atoms with Gasteiger partial charge in [0.15, 0.2) is 0 Å². The molecule has 9 heteroatoms. The maximum atomic E-state index is 13.9. The van der Waals surface area contributed by atoms with Crippen molar-refractivity contribution in [1.82, 2.24) is 20.1 Å². The number of benzene rings is 2. The molecule has 39 heavy (non-hydrogen) atoms. The molecule has 0 aliphatic carbocycles. The van der Waals surface area contributed by atoms with Crippen molar-refractivity contribution < 1.29 is 23.9 Å². The Morgan fingerprint density at radius 2 is 1.69 bits per heavy atom. The molecule has 5 rings (SSSR count). The van der Waals surface area contributed by atoms with Crippen LogP contribution in [-0.4, -0.2) is 71.1 Å². The fraction of sp³-hybridized carbons (Fsp3) is 0.333. The van der Waals surface area contributed by atoms with Gasteiger partial charge in [-0.15, -0.1) is 0 Å². The molecule has 2 saturated heterocycles. The number of hydrogen-bond donors (Lipinski definition) is 1. The molecular formula is C30H32N4O5. The molecule has 0 saturated carbocycles. The minimum absolute atomic E-state index is 0.0869. The van der Waals surface area contributed by atoms with Crippen LogP contribution in [0.5, 0.6) is 5.75 Å². The van der Waals surface area contributed by atoms with Crippen LogP contribution in [0.3, 0.4) is 0 Å². The predicted molar refractivity (Wildman–Crippen MR) is 144 cm³/mol. The molecular weight excluding hydrogens is 496 g/mol. The van der Waals surface area contributed by atoms with Crippen LogP contribution < -0.4 is 10.1 Å². The lowest BCUT2D eigenvalue weighted by Crippen LogP contribution is -2.59. The van der Waals surface area contributed by atoms with Crippen molar-refractivity contribution >= 4 is 17.7 Å². The van der Waals surface area contributed by atoms with Crippen molar-refractivity contribution in [2.24, 2.45) is 0 Å². The number of carbonyl (C=O) groups is 3. The lowest BCUT2D eigenvalue weighted by atomic mass is 9.95. The molecule has 0 radical (unpaired) electrons. The molecule has 2 aromatic carbocycles. The second-order valence-electron chi connectivity index (χ2n) is 9.92. The Morgan fingerprint density at radius 3 is 2.38 bits per heavy atom. The van der Waals surface area contributed by atoms with E-state index in [4.69, 9.17) is 9.47 Å². The summed E-state index contributed by atoms with van der Waals surface area (Å²) in [7, 11) is 1.56. The Bertz CT molecular complexity index is 1350. The molecule has 202 valence electrons. The van der Waals surface area contributed by atoms with Crippen molar-refractivity contribution in [3.8, 4) is 5.75 Å². The Hall–Kier alpha value is -4.24. The van der Waals surface area contributed by atoms with E-state index in [0.717, 1.165) is 11.1 Å².